The fraction of sp³-hybridized carbons (Fsp3) is 0.231. The second kappa shape index (κ2) is 7.81. The molecular weight excluding hydrogens is 372 g/mol. The van der Waals surface area contributed by atoms with Crippen molar-refractivity contribution in [1.29, 1.82) is 0 Å². The molecule has 2 aromatic rings. The summed E-state index contributed by atoms with van der Waals surface area (Å²) in [7, 11) is 0. The molecule has 0 saturated carbocycles. The first-order chi connectivity index (χ1) is 11.8. The standard InChI is InChI=1S/C13H12N4O6S2/c1-3-23-13(18)15-14-7(2)9-4-5-10(24-9)12-8(16(19)20)6-11(25-12)17(21)22/h4-6H,3H2,1-2H3,(H,15,18)/b14-7-. The van der Waals surface area contributed by atoms with Gasteiger partial charge < -0.3 is 4.74 Å². The molecule has 0 unspecified atom stereocenters. The first-order valence-corrected chi connectivity index (χ1v) is 8.47. The van der Waals surface area contributed by atoms with Crippen molar-refractivity contribution in [2.45, 2.75) is 13.8 Å². The lowest BCUT2D eigenvalue weighted by atomic mass is 10.3. The van der Waals surface area contributed by atoms with Gasteiger partial charge in [0.1, 0.15) is 10.9 Å². The Hall–Kier alpha value is -2.86. The van der Waals surface area contributed by atoms with Crippen LogP contribution >= 0.6 is 22.7 Å². The van der Waals surface area contributed by atoms with Gasteiger partial charge in [-0.2, -0.15) is 5.10 Å². The number of thiophene rings is 2. The summed E-state index contributed by atoms with van der Waals surface area (Å²) >= 11 is 1.92. The zero-order chi connectivity index (χ0) is 18.6. The predicted octanol–water partition coefficient (Wildman–Crippen LogP) is 3.76. The first-order valence-electron chi connectivity index (χ1n) is 6.83. The molecule has 0 saturated heterocycles. The molecule has 2 heterocycles. The zero-order valence-electron chi connectivity index (χ0n) is 13.0. The molecule has 0 spiro atoms. The van der Waals surface area contributed by atoms with E-state index in [1.807, 2.05) is 0 Å². The Kier molecular flexibility index (Phi) is 5.77. The van der Waals surface area contributed by atoms with E-state index in [0.29, 0.717) is 15.5 Å². The van der Waals surface area contributed by atoms with Crippen LogP contribution in [-0.4, -0.2) is 28.3 Å². The van der Waals surface area contributed by atoms with E-state index in [1.165, 1.54) is 11.3 Å². The maximum absolute atomic E-state index is 11.2. The second-order valence-electron chi connectivity index (χ2n) is 4.51. The van der Waals surface area contributed by atoms with E-state index in [-0.39, 0.29) is 22.2 Å². The molecule has 0 atom stereocenters. The quantitative estimate of drug-likeness (QED) is 0.457. The number of hydrazone groups is 1. The molecule has 12 heteroatoms. The SMILES string of the molecule is CCOC(=O)N/N=C(/C)c1ccc(-c2sc([N+](=O)[O-])cc2[N+](=O)[O-])s1. The van der Waals surface area contributed by atoms with Crippen molar-refractivity contribution in [2.75, 3.05) is 6.61 Å². The van der Waals surface area contributed by atoms with E-state index in [2.05, 4.69) is 15.3 Å². The van der Waals surface area contributed by atoms with Crippen LogP contribution in [0.4, 0.5) is 15.5 Å². The van der Waals surface area contributed by atoms with Gasteiger partial charge in [0.05, 0.1) is 31.9 Å². The molecule has 1 N–H and O–H groups in total. The Balaban J connectivity index is 2.29. The number of ether oxygens (including phenoxy) is 1. The Morgan fingerprint density at radius 2 is 2.00 bits per heavy atom. The van der Waals surface area contributed by atoms with Gasteiger partial charge in [0.2, 0.25) is 0 Å². The van der Waals surface area contributed by atoms with Crippen LogP contribution in [0.3, 0.4) is 0 Å². The number of carbonyl (C=O) groups is 1. The van der Waals surface area contributed by atoms with Crippen molar-refractivity contribution in [3.8, 4) is 9.75 Å². The third kappa shape index (κ3) is 4.36. The van der Waals surface area contributed by atoms with Crippen molar-refractivity contribution in [3.05, 3.63) is 43.3 Å². The summed E-state index contributed by atoms with van der Waals surface area (Å²) in [5.74, 6) is 0. The molecule has 25 heavy (non-hydrogen) atoms. The summed E-state index contributed by atoms with van der Waals surface area (Å²) in [6.45, 7) is 3.52. The molecule has 132 valence electrons. The molecule has 10 nitrogen and oxygen atoms in total. The third-order valence-electron chi connectivity index (χ3n) is 2.85. The summed E-state index contributed by atoms with van der Waals surface area (Å²) in [5.41, 5.74) is 2.37. The van der Waals surface area contributed by atoms with E-state index in [4.69, 9.17) is 0 Å². The fourth-order valence-corrected chi connectivity index (χ4v) is 3.78. The van der Waals surface area contributed by atoms with Crippen LogP contribution in [0.25, 0.3) is 9.75 Å². The average Bonchev–Trinajstić information content (AvgIpc) is 3.19. The number of hydrogen-bond donors (Lipinski definition) is 1. The highest BCUT2D eigenvalue weighted by atomic mass is 32.1. The number of amides is 1. The Morgan fingerprint density at radius 1 is 1.28 bits per heavy atom. The minimum absolute atomic E-state index is 0.208. The van der Waals surface area contributed by atoms with Crippen molar-refractivity contribution in [3.63, 3.8) is 0 Å². The lowest BCUT2D eigenvalue weighted by Gasteiger charge is -2.00. The summed E-state index contributed by atoms with van der Waals surface area (Å²) < 4.78 is 4.68. The molecule has 0 radical (unpaired) electrons. The molecule has 2 rings (SSSR count). The highest BCUT2D eigenvalue weighted by Crippen LogP contribution is 2.44. The smallest absolute Gasteiger partial charge is 0.427 e. The number of nitrogens with zero attached hydrogens (tertiary/aromatic N) is 3. The van der Waals surface area contributed by atoms with Crippen LogP contribution < -0.4 is 5.43 Å². The summed E-state index contributed by atoms with van der Waals surface area (Å²) in [6.07, 6.45) is -0.692. The lowest BCUT2D eigenvalue weighted by Crippen LogP contribution is -2.20. The fourth-order valence-electron chi connectivity index (χ4n) is 1.77. The van der Waals surface area contributed by atoms with Gasteiger partial charge in [-0.25, -0.2) is 10.2 Å². The van der Waals surface area contributed by atoms with Crippen LogP contribution in [0.2, 0.25) is 0 Å². The maximum atomic E-state index is 11.2. The van der Waals surface area contributed by atoms with E-state index in [0.717, 1.165) is 17.4 Å². The van der Waals surface area contributed by atoms with E-state index < -0.39 is 15.9 Å². The molecule has 1 amide bonds. The van der Waals surface area contributed by atoms with Gasteiger partial charge in [-0.1, -0.05) is 11.3 Å². The summed E-state index contributed by atoms with van der Waals surface area (Å²) in [4.78, 5) is 33.2. The van der Waals surface area contributed by atoms with Gasteiger partial charge in [0.15, 0.2) is 0 Å². The molecular formula is C13H12N4O6S2. The van der Waals surface area contributed by atoms with Crippen LogP contribution in [0.1, 0.15) is 18.7 Å². The molecule has 0 aromatic carbocycles. The predicted molar refractivity (Wildman–Crippen MR) is 93.3 cm³/mol. The van der Waals surface area contributed by atoms with Crippen molar-refractivity contribution < 1.29 is 19.4 Å². The third-order valence-corrected chi connectivity index (χ3v) is 5.30. The highest BCUT2D eigenvalue weighted by Gasteiger charge is 2.27. The van der Waals surface area contributed by atoms with Crippen LogP contribution in [0.15, 0.2) is 23.3 Å². The number of nitro groups is 2. The van der Waals surface area contributed by atoms with Crippen LogP contribution in [0.5, 0.6) is 0 Å². The number of carbonyl (C=O) groups excluding carboxylic acids is 1. The Morgan fingerprint density at radius 3 is 2.60 bits per heavy atom. The molecule has 0 fully saturated rings. The summed E-state index contributed by atoms with van der Waals surface area (Å²) in [6, 6.07) is 4.23. The monoisotopic (exact) mass is 384 g/mol. The largest absolute Gasteiger partial charge is 0.449 e. The van der Waals surface area contributed by atoms with Gasteiger partial charge >= 0.3 is 11.1 Å². The highest BCUT2D eigenvalue weighted by molar-refractivity contribution is 7.25. The molecule has 0 aliphatic rings. The zero-order valence-corrected chi connectivity index (χ0v) is 14.7. The molecule has 2 aromatic heterocycles. The lowest BCUT2D eigenvalue weighted by molar-refractivity contribution is -0.389. The van der Waals surface area contributed by atoms with E-state index in [1.54, 1.807) is 26.0 Å². The van der Waals surface area contributed by atoms with Gasteiger partial charge in [-0.05, 0) is 26.0 Å². The average molecular weight is 384 g/mol. The van der Waals surface area contributed by atoms with Gasteiger partial charge in [0, 0.05) is 0 Å². The number of rotatable bonds is 6. The van der Waals surface area contributed by atoms with Crippen molar-refractivity contribution >= 4 is 45.2 Å². The molecule has 0 aliphatic heterocycles. The second-order valence-corrected chi connectivity index (χ2v) is 6.62. The van der Waals surface area contributed by atoms with E-state index in [9.17, 15) is 25.0 Å². The first kappa shape index (κ1) is 18.5. The summed E-state index contributed by atoms with van der Waals surface area (Å²) in [5, 5.41) is 25.6. The van der Waals surface area contributed by atoms with Gasteiger partial charge in [-0.3, -0.25) is 20.2 Å². The Bertz CT molecular complexity index is 857. The van der Waals surface area contributed by atoms with Crippen molar-refractivity contribution in [2.24, 2.45) is 5.10 Å². The van der Waals surface area contributed by atoms with Crippen molar-refractivity contribution in [1.82, 2.24) is 5.43 Å². The molecule has 0 aliphatic carbocycles. The Labute approximate surface area is 149 Å². The van der Waals surface area contributed by atoms with Gasteiger partial charge in [-0.15, -0.1) is 11.3 Å². The number of nitrogens with one attached hydrogen (secondary N) is 1. The normalized spacial score (nSPS) is 11.2. The minimum atomic E-state index is -0.692. The van der Waals surface area contributed by atoms with Crippen LogP contribution in [-0.2, 0) is 4.74 Å². The topological polar surface area (TPSA) is 137 Å². The maximum Gasteiger partial charge on any atom is 0.427 e. The van der Waals surface area contributed by atoms with E-state index >= 15 is 0 Å². The van der Waals surface area contributed by atoms with Crippen LogP contribution in [0, 0.1) is 20.2 Å². The molecule has 0 bridgehead atoms. The van der Waals surface area contributed by atoms with Gasteiger partial charge in [0.25, 0.3) is 5.69 Å². The number of hydrogen-bond acceptors (Lipinski definition) is 9. The minimum Gasteiger partial charge on any atom is -0.449 e.